The zero-order chi connectivity index (χ0) is 61.3. The first-order chi connectivity index (χ1) is 40.0. The van der Waals surface area contributed by atoms with Crippen LogP contribution < -0.4 is 0 Å². The van der Waals surface area contributed by atoms with E-state index in [0.717, 1.165) is 102 Å². The molecule has 0 rings (SSSR count). The SMILES string of the molecule is CCCCCCCCCCCCCC(=O)OC[C@H](COP(=O)(O)OC[C@@H](O)COP(=O)(O)OC[C@@H](COC(=O)CCCCCCCCCC)OC(=O)CCCCCCCCCCCCC)OC(=O)CCCCCCCCCCCCC(C)C. The van der Waals surface area contributed by atoms with E-state index in [-0.39, 0.29) is 25.7 Å². The van der Waals surface area contributed by atoms with Crippen molar-refractivity contribution < 1.29 is 80.2 Å². The maximum absolute atomic E-state index is 13.0. The molecule has 5 atom stereocenters. The second-order valence-corrected chi connectivity index (χ2v) is 26.5. The monoisotopic (exact) mass is 1230 g/mol. The first-order valence-electron chi connectivity index (χ1n) is 33.6. The van der Waals surface area contributed by atoms with E-state index in [1.54, 1.807) is 0 Å². The van der Waals surface area contributed by atoms with Crippen molar-refractivity contribution in [1.29, 1.82) is 0 Å². The number of ether oxygens (including phenoxy) is 4. The van der Waals surface area contributed by atoms with E-state index < -0.39 is 97.5 Å². The van der Waals surface area contributed by atoms with Gasteiger partial charge in [-0.2, -0.15) is 0 Å². The molecular formula is C64H124O17P2. The smallest absolute Gasteiger partial charge is 0.462 e. The quantitative estimate of drug-likeness (QED) is 0.0222. The van der Waals surface area contributed by atoms with Crippen molar-refractivity contribution in [2.75, 3.05) is 39.6 Å². The van der Waals surface area contributed by atoms with Crippen LogP contribution in [-0.2, 0) is 65.4 Å². The lowest BCUT2D eigenvalue weighted by Crippen LogP contribution is -2.30. The van der Waals surface area contributed by atoms with Gasteiger partial charge < -0.3 is 33.8 Å². The van der Waals surface area contributed by atoms with Crippen LogP contribution in [0.15, 0.2) is 0 Å². The minimum Gasteiger partial charge on any atom is -0.462 e. The summed E-state index contributed by atoms with van der Waals surface area (Å²) in [6.07, 6.45) is 41.6. The number of aliphatic hydroxyl groups excluding tert-OH is 1. The fraction of sp³-hybridized carbons (Fsp3) is 0.938. The minimum absolute atomic E-state index is 0.106. The molecule has 0 heterocycles. The van der Waals surface area contributed by atoms with Gasteiger partial charge in [0.25, 0.3) is 0 Å². The average Bonchev–Trinajstić information content (AvgIpc) is 3.45. The highest BCUT2D eigenvalue weighted by Crippen LogP contribution is 2.45. The Morgan fingerprint density at radius 3 is 0.819 bits per heavy atom. The topological polar surface area (TPSA) is 237 Å². The van der Waals surface area contributed by atoms with Gasteiger partial charge in [-0.1, -0.05) is 272 Å². The van der Waals surface area contributed by atoms with Gasteiger partial charge in [0.2, 0.25) is 0 Å². The molecule has 17 nitrogen and oxygen atoms in total. The van der Waals surface area contributed by atoms with Gasteiger partial charge in [0.15, 0.2) is 12.2 Å². The number of phosphoric acid groups is 2. The second-order valence-electron chi connectivity index (χ2n) is 23.6. The molecule has 0 aromatic rings. The van der Waals surface area contributed by atoms with Crippen LogP contribution in [0.4, 0.5) is 0 Å². The summed E-state index contributed by atoms with van der Waals surface area (Å²) in [6.45, 7) is 7.16. The summed E-state index contributed by atoms with van der Waals surface area (Å²) in [5, 5.41) is 10.5. The van der Waals surface area contributed by atoms with E-state index in [1.165, 1.54) is 141 Å². The van der Waals surface area contributed by atoms with E-state index in [9.17, 15) is 43.2 Å². The first-order valence-corrected chi connectivity index (χ1v) is 36.6. The molecule has 492 valence electrons. The van der Waals surface area contributed by atoms with Gasteiger partial charge in [-0.3, -0.25) is 37.3 Å². The summed E-state index contributed by atoms with van der Waals surface area (Å²) < 4.78 is 68.0. The maximum atomic E-state index is 13.0. The molecule has 19 heteroatoms. The molecule has 83 heavy (non-hydrogen) atoms. The summed E-state index contributed by atoms with van der Waals surface area (Å²) in [5.74, 6) is -1.38. The predicted molar refractivity (Wildman–Crippen MR) is 331 cm³/mol. The zero-order valence-electron chi connectivity index (χ0n) is 53.3. The Hall–Kier alpha value is -1.94. The third-order valence-electron chi connectivity index (χ3n) is 14.8. The number of esters is 4. The normalized spacial score (nSPS) is 14.2. The number of aliphatic hydroxyl groups is 1. The average molecular weight is 1230 g/mol. The van der Waals surface area contributed by atoms with E-state index >= 15 is 0 Å². The Labute approximate surface area is 505 Å². The van der Waals surface area contributed by atoms with E-state index in [4.69, 9.17) is 37.0 Å². The maximum Gasteiger partial charge on any atom is 0.472 e. The van der Waals surface area contributed by atoms with Crippen LogP contribution in [0.2, 0.25) is 0 Å². The van der Waals surface area contributed by atoms with Gasteiger partial charge in [0.1, 0.15) is 19.3 Å². The molecule has 0 saturated heterocycles. The molecule has 0 aliphatic carbocycles. The number of hydrogen-bond donors (Lipinski definition) is 3. The number of phosphoric ester groups is 2. The Kier molecular flexibility index (Phi) is 56.4. The zero-order valence-corrected chi connectivity index (χ0v) is 55.1. The molecule has 0 fully saturated rings. The molecule has 0 aromatic heterocycles. The van der Waals surface area contributed by atoms with Gasteiger partial charge in [0.05, 0.1) is 26.4 Å². The van der Waals surface area contributed by atoms with Crippen molar-refractivity contribution in [3.63, 3.8) is 0 Å². The third kappa shape index (κ3) is 58.8. The fourth-order valence-corrected chi connectivity index (χ4v) is 11.2. The van der Waals surface area contributed by atoms with Crippen molar-refractivity contribution >= 4 is 39.5 Å². The fourth-order valence-electron chi connectivity index (χ4n) is 9.58. The van der Waals surface area contributed by atoms with E-state index in [0.29, 0.717) is 25.7 Å². The van der Waals surface area contributed by atoms with Crippen LogP contribution in [0.1, 0.15) is 324 Å². The van der Waals surface area contributed by atoms with Crippen molar-refractivity contribution in [2.45, 2.75) is 342 Å². The van der Waals surface area contributed by atoms with Crippen molar-refractivity contribution in [3.05, 3.63) is 0 Å². The standard InChI is InChI=1S/C64H124O17P2/c1-6-9-12-15-18-21-23-28-33-38-43-48-62(67)75-54-60(81-64(69)50-45-40-35-30-26-25-27-31-36-41-46-57(4)5)56-79-83(72,73)77-52-58(65)51-76-82(70,71)78-55-59(53-74-61(66)47-42-37-32-20-17-14-11-8-3)80-63(68)49-44-39-34-29-24-22-19-16-13-10-7-2/h57-60,65H,6-56H2,1-5H3,(H,70,71)(H,72,73)/t58-,59+,60+/m0/s1. The van der Waals surface area contributed by atoms with E-state index in [1.807, 2.05) is 0 Å². The van der Waals surface area contributed by atoms with Crippen molar-refractivity contribution in [2.24, 2.45) is 5.92 Å². The van der Waals surface area contributed by atoms with Gasteiger partial charge in [0, 0.05) is 25.7 Å². The minimum atomic E-state index is -4.94. The molecule has 0 bridgehead atoms. The predicted octanol–water partition coefficient (Wildman–Crippen LogP) is 17.8. The second kappa shape index (κ2) is 57.8. The molecule has 0 aliphatic heterocycles. The Bertz CT molecular complexity index is 1620. The molecule has 0 amide bonds. The number of rotatable bonds is 64. The summed E-state index contributed by atoms with van der Waals surface area (Å²) in [5.41, 5.74) is 0. The van der Waals surface area contributed by atoms with Crippen molar-refractivity contribution in [1.82, 2.24) is 0 Å². The lowest BCUT2D eigenvalue weighted by Gasteiger charge is -2.21. The molecule has 0 radical (unpaired) electrons. The van der Waals surface area contributed by atoms with Crippen LogP contribution >= 0.6 is 15.6 Å². The van der Waals surface area contributed by atoms with Gasteiger partial charge in [-0.05, 0) is 31.6 Å². The Morgan fingerprint density at radius 2 is 0.554 bits per heavy atom. The Morgan fingerprint density at radius 1 is 0.325 bits per heavy atom. The molecule has 0 aliphatic rings. The Balaban J connectivity index is 5.23. The van der Waals surface area contributed by atoms with Gasteiger partial charge in [-0.15, -0.1) is 0 Å². The number of hydrogen-bond acceptors (Lipinski definition) is 15. The lowest BCUT2D eigenvalue weighted by molar-refractivity contribution is -0.161. The van der Waals surface area contributed by atoms with Crippen LogP contribution in [-0.4, -0.2) is 96.7 Å². The molecule has 0 spiro atoms. The number of carbonyl (C=O) groups excluding carboxylic acids is 4. The highest BCUT2D eigenvalue weighted by atomic mass is 31.2. The van der Waals surface area contributed by atoms with Gasteiger partial charge >= 0.3 is 39.5 Å². The highest BCUT2D eigenvalue weighted by molar-refractivity contribution is 7.47. The van der Waals surface area contributed by atoms with E-state index in [2.05, 4.69) is 34.6 Å². The van der Waals surface area contributed by atoms with Crippen LogP contribution in [0.3, 0.4) is 0 Å². The largest absolute Gasteiger partial charge is 0.472 e. The lowest BCUT2D eigenvalue weighted by atomic mass is 10.0. The molecular weight excluding hydrogens is 1100 g/mol. The summed E-state index contributed by atoms with van der Waals surface area (Å²) in [7, 11) is -9.88. The highest BCUT2D eigenvalue weighted by Gasteiger charge is 2.30. The van der Waals surface area contributed by atoms with Crippen LogP contribution in [0, 0.1) is 5.92 Å². The summed E-state index contributed by atoms with van der Waals surface area (Å²) in [4.78, 5) is 72.1. The summed E-state index contributed by atoms with van der Waals surface area (Å²) >= 11 is 0. The molecule has 0 aromatic carbocycles. The molecule has 2 unspecified atom stereocenters. The summed E-state index contributed by atoms with van der Waals surface area (Å²) in [6, 6.07) is 0. The molecule has 0 saturated carbocycles. The third-order valence-corrected chi connectivity index (χ3v) is 16.7. The number of carbonyl (C=O) groups is 4. The van der Waals surface area contributed by atoms with Gasteiger partial charge in [-0.25, -0.2) is 9.13 Å². The molecule has 3 N–H and O–H groups in total. The number of unbranched alkanes of at least 4 members (excludes halogenated alkanes) is 36. The van der Waals surface area contributed by atoms with Crippen LogP contribution in [0.25, 0.3) is 0 Å². The first kappa shape index (κ1) is 81.1. The van der Waals surface area contributed by atoms with Crippen molar-refractivity contribution in [3.8, 4) is 0 Å². The van der Waals surface area contributed by atoms with Crippen LogP contribution in [0.5, 0.6) is 0 Å².